The van der Waals surface area contributed by atoms with Crippen molar-refractivity contribution in [3.8, 4) is 145 Å². The molecular weight excluding hydrogens is 1570 g/mol. The summed E-state index contributed by atoms with van der Waals surface area (Å²) in [7, 11) is 0. The fourth-order valence-corrected chi connectivity index (χ4v) is 24.6. The van der Waals surface area contributed by atoms with E-state index in [-0.39, 0.29) is 21.7 Å². The number of hydrogen-bond donors (Lipinski definition) is 0. The van der Waals surface area contributed by atoms with E-state index in [1.165, 1.54) is 200 Å². The minimum absolute atomic E-state index is 0.141. The van der Waals surface area contributed by atoms with E-state index in [1.807, 2.05) is 0 Å². The molecule has 5 aliphatic rings. The van der Waals surface area contributed by atoms with Crippen molar-refractivity contribution in [3.05, 3.63) is 347 Å². The molecule has 131 heavy (non-hydrogen) atoms. The van der Waals surface area contributed by atoms with E-state index < -0.39 is 5.41 Å². The first kappa shape index (κ1) is 89.3. The molecule has 19 rings (SSSR count). The van der Waals surface area contributed by atoms with Gasteiger partial charge in [0.2, 0.25) is 0 Å². The fourth-order valence-electron chi connectivity index (χ4n) is 24.6. The van der Waals surface area contributed by atoms with Gasteiger partial charge in [0.05, 0.1) is 0 Å². The van der Waals surface area contributed by atoms with E-state index >= 15 is 0 Å². The van der Waals surface area contributed by atoms with Gasteiger partial charge in [0, 0.05) is 27.1 Å². The van der Waals surface area contributed by atoms with Crippen LogP contribution in [-0.2, 0) is 27.1 Å². The second kappa shape index (κ2) is 35.9. The maximum atomic E-state index is 2.75. The third kappa shape index (κ3) is 16.2. The van der Waals surface area contributed by atoms with E-state index in [0.717, 1.165) is 103 Å². The Labute approximate surface area is 787 Å². The zero-order valence-electron chi connectivity index (χ0n) is 82.1. The molecule has 0 bridgehead atoms. The minimum Gasteiger partial charge on any atom is -0.0628 e. The first-order valence-electron chi connectivity index (χ1n) is 50.9. The number of fused-ring (bicyclic) bond motifs is 15. The van der Waals surface area contributed by atoms with Gasteiger partial charge in [-0.05, 0) is 423 Å². The molecule has 0 heterocycles. The molecule has 666 valence electrons. The second-order valence-electron chi connectivity index (χ2n) is 44.8. The Bertz CT molecular complexity index is 6120. The molecule has 0 nitrogen and oxygen atoms in total. The average molecular weight is 1720 g/mol. The molecule has 14 aromatic rings. The van der Waals surface area contributed by atoms with Gasteiger partial charge in [0.1, 0.15) is 0 Å². The van der Waals surface area contributed by atoms with E-state index in [0.29, 0.717) is 47.3 Å². The van der Waals surface area contributed by atoms with Crippen LogP contribution in [0.5, 0.6) is 0 Å². The quantitative estimate of drug-likeness (QED) is 0.0394. The van der Waals surface area contributed by atoms with Crippen LogP contribution in [0.4, 0.5) is 0 Å². The van der Waals surface area contributed by atoms with Crippen molar-refractivity contribution in [3.63, 3.8) is 0 Å². The van der Waals surface area contributed by atoms with Gasteiger partial charge < -0.3 is 0 Å². The highest BCUT2D eigenvalue weighted by Gasteiger charge is 2.50. The standard InChI is InChI=1S/C131H142/c1-83(2)55-63-128(64-56-84(3)4)117-53-45-99(71-113(117)107-49-41-97(75-123(107)128)93-35-27-21-28-36-93)109-79-115-116-80-110(100-46-54-118-114(72-100)108-50-42-98(94-37-29-22-30-38-94)76-124(108)129(118,65-57-85(5)6)66-58-86(7)8)112(102-44-52-106-104-48-40-96(92-33-25-20-26-34-92)74-122(104)131(126(106)78-102,69-61-89(13)14)70-62-90(15)16)82-120(116)127(17,18)119(115)81-111(109)101-43-51-105-103-47-39-95(91-31-23-19-24-32-91)73-121(103)130(125(105)77-101,67-59-87(9)10)68-60-88(11)12/h19-54,71-90H,55-70H2,1-18H3. The summed E-state index contributed by atoms with van der Waals surface area (Å²) in [5, 5.41) is 0. The summed E-state index contributed by atoms with van der Waals surface area (Å²) in [6, 6.07) is 118. The minimum atomic E-state index is -0.414. The van der Waals surface area contributed by atoms with Gasteiger partial charge in [0.25, 0.3) is 0 Å². The predicted molar refractivity (Wildman–Crippen MR) is 565 cm³/mol. The van der Waals surface area contributed by atoms with Crippen LogP contribution in [-0.4, -0.2) is 0 Å². The van der Waals surface area contributed by atoms with Gasteiger partial charge in [-0.1, -0.05) is 343 Å². The number of benzene rings is 14. The summed E-state index contributed by atoms with van der Waals surface area (Å²) >= 11 is 0. The lowest BCUT2D eigenvalue weighted by atomic mass is 9.68. The Morgan fingerprint density at radius 2 is 0.328 bits per heavy atom. The lowest BCUT2D eigenvalue weighted by Crippen LogP contribution is -2.27. The monoisotopic (exact) mass is 1720 g/mol. The van der Waals surface area contributed by atoms with Gasteiger partial charge in [-0.2, -0.15) is 0 Å². The van der Waals surface area contributed by atoms with Crippen molar-refractivity contribution in [2.24, 2.45) is 47.3 Å². The van der Waals surface area contributed by atoms with Crippen LogP contribution >= 0.6 is 0 Å². The molecule has 0 saturated carbocycles. The van der Waals surface area contributed by atoms with Crippen LogP contribution in [0.2, 0.25) is 0 Å². The van der Waals surface area contributed by atoms with E-state index in [2.05, 4.69) is 416 Å². The molecule has 0 N–H and O–H groups in total. The molecule has 0 unspecified atom stereocenters. The van der Waals surface area contributed by atoms with E-state index in [4.69, 9.17) is 0 Å². The molecular formula is C131H142. The Morgan fingerprint density at radius 3 is 0.565 bits per heavy atom. The molecule has 0 amide bonds. The van der Waals surface area contributed by atoms with Crippen LogP contribution < -0.4 is 0 Å². The van der Waals surface area contributed by atoms with Crippen LogP contribution in [0.25, 0.3) is 145 Å². The summed E-state index contributed by atoms with van der Waals surface area (Å²) < 4.78 is 0. The van der Waals surface area contributed by atoms with Gasteiger partial charge >= 0.3 is 0 Å². The molecule has 0 fully saturated rings. The first-order valence-corrected chi connectivity index (χ1v) is 50.9. The molecule has 5 aliphatic carbocycles. The third-order valence-corrected chi connectivity index (χ3v) is 32.3. The second-order valence-corrected chi connectivity index (χ2v) is 44.8. The summed E-state index contributed by atoms with van der Waals surface area (Å²) in [6.45, 7) is 44.2. The Kier molecular flexibility index (Phi) is 24.5. The maximum Gasteiger partial charge on any atom is 0.0215 e. The highest BCUT2D eigenvalue weighted by molar-refractivity contribution is 6.01. The highest BCUT2D eigenvalue weighted by atomic mass is 14.5. The highest BCUT2D eigenvalue weighted by Crippen LogP contribution is 2.64. The Balaban J connectivity index is 0.876. The lowest BCUT2D eigenvalue weighted by Gasteiger charge is -2.35. The van der Waals surface area contributed by atoms with Crippen LogP contribution in [0, 0.1) is 47.3 Å². The van der Waals surface area contributed by atoms with Gasteiger partial charge in [-0.25, -0.2) is 0 Å². The molecule has 0 saturated heterocycles. The smallest absolute Gasteiger partial charge is 0.0215 e. The van der Waals surface area contributed by atoms with Gasteiger partial charge in [0.15, 0.2) is 0 Å². The Hall–Kier alpha value is -10.9. The molecule has 14 aromatic carbocycles. The largest absolute Gasteiger partial charge is 0.0628 e. The van der Waals surface area contributed by atoms with Crippen LogP contribution in [0.1, 0.15) is 283 Å². The van der Waals surface area contributed by atoms with Gasteiger partial charge in [-0.3, -0.25) is 0 Å². The van der Waals surface area contributed by atoms with Gasteiger partial charge in [-0.15, -0.1) is 0 Å². The van der Waals surface area contributed by atoms with Crippen molar-refractivity contribution in [1.82, 2.24) is 0 Å². The van der Waals surface area contributed by atoms with Crippen molar-refractivity contribution >= 4 is 0 Å². The number of hydrogen-bond acceptors (Lipinski definition) is 0. The maximum absolute atomic E-state index is 2.75. The molecule has 0 spiro atoms. The fraction of sp³-hybridized carbons (Fsp3) is 0.359. The third-order valence-electron chi connectivity index (χ3n) is 32.3. The lowest BCUT2D eigenvalue weighted by molar-refractivity contribution is 0.364. The molecule has 0 aliphatic heterocycles. The predicted octanol–water partition coefficient (Wildman–Crippen LogP) is 37.9. The SMILES string of the molecule is CC(C)CCC1(CCC(C)C)c2ccc(-c3cc4c(cc3-c3ccc5c(c3)C(CCC(C)C)(CCC(C)C)c3cc(-c6ccccc6)ccc3-5)C(C)(C)c3cc(-c5ccc6c(c5)C(CCC(C)C)(CCC(C)C)c5cc(-c7ccccc7)ccc5-6)c(-c5ccc6c(c5)-c5ccc(-c7ccccc7)cc5C6(CCC(C)C)CCC(C)C)cc3-4)cc2-c2ccc(-c3ccccc3)cc21. The zero-order valence-corrected chi connectivity index (χ0v) is 82.1. The summed E-state index contributed by atoms with van der Waals surface area (Å²) in [5.74, 6) is 4.48. The molecule has 0 radical (unpaired) electrons. The Morgan fingerprint density at radius 1 is 0.145 bits per heavy atom. The molecule has 0 heteroatoms. The topological polar surface area (TPSA) is 0 Å². The van der Waals surface area contributed by atoms with E-state index in [1.54, 1.807) is 0 Å². The molecule has 0 aromatic heterocycles. The number of rotatable bonds is 32. The first-order chi connectivity index (χ1) is 63.1. The zero-order chi connectivity index (χ0) is 91.2. The van der Waals surface area contributed by atoms with Crippen molar-refractivity contribution < 1.29 is 0 Å². The van der Waals surface area contributed by atoms with Crippen molar-refractivity contribution in [2.45, 2.75) is 254 Å². The van der Waals surface area contributed by atoms with E-state index in [9.17, 15) is 0 Å². The van der Waals surface area contributed by atoms with Crippen molar-refractivity contribution in [2.75, 3.05) is 0 Å². The van der Waals surface area contributed by atoms with Crippen molar-refractivity contribution in [1.29, 1.82) is 0 Å². The molecule has 0 atom stereocenters. The van der Waals surface area contributed by atoms with Crippen LogP contribution in [0.15, 0.2) is 291 Å². The summed E-state index contributed by atoms with van der Waals surface area (Å²) in [5.41, 5.74) is 48.5. The van der Waals surface area contributed by atoms with Crippen LogP contribution in [0.3, 0.4) is 0 Å². The normalized spacial score (nSPS) is 15.1. The summed E-state index contributed by atoms with van der Waals surface area (Å²) in [4.78, 5) is 0. The average Bonchev–Trinajstić information content (AvgIpc) is 1.58. The summed E-state index contributed by atoms with van der Waals surface area (Å²) in [6.07, 6.45) is 18.1.